The number of nitrogens with zero attached hydrogens (tertiary/aromatic N) is 2. The topological polar surface area (TPSA) is 35.0 Å². The number of fused-ring (bicyclic) bond motifs is 4. The van der Waals surface area contributed by atoms with Gasteiger partial charge in [0.15, 0.2) is 5.82 Å². The minimum absolute atomic E-state index is 0.152. The SMILES string of the molecule is CC1(C)c2ccccc2Oc2cc(-c3nc(-c4cccc5ccccc45)c4ccccc4n3)ccc21. The fraction of sp³-hybridized carbons (Fsp3) is 0.0909. The van der Waals surface area contributed by atoms with Gasteiger partial charge in [-0.05, 0) is 29.0 Å². The van der Waals surface area contributed by atoms with Crippen LogP contribution in [0.4, 0.5) is 0 Å². The third kappa shape index (κ3) is 3.13. The summed E-state index contributed by atoms with van der Waals surface area (Å²) in [7, 11) is 0. The smallest absolute Gasteiger partial charge is 0.160 e. The lowest BCUT2D eigenvalue weighted by Gasteiger charge is -2.34. The number of aromatic nitrogens is 2. The summed E-state index contributed by atoms with van der Waals surface area (Å²) in [6.07, 6.45) is 0. The quantitative estimate of drug-likeness (QED) is 0.257. The van der Waals surface area contributed by atoms with E-state index >= 15 is 0 Å². The van der Waals surface area contributed by atoms with E-state index in [1.54, 1.807) is 0 Å². The summed E-state index contributed by atoms with van der Waals surface area (Å²) in [6, 6.07) is 37.7. The Balaban J connectivity index is 1.44. The van der Waals surface area contributed by atoms with Crippen LogP contribution in [0.2, 0.25) is 0 Å². The molecule has 36 heavy (non-hydrogen) atoms. The highest BCUT2D eigenvalue weighted by Gasteiger charge is 2.34. The van der Waals surface area contributed by atoms with Gasteiger partial charge in [0, 0.05) is 33.1 Å². The first-order chi connectivity index (χ1) is 17.6. The molecule has 1 aromatic heterocycles. The molecule has 0 radical (unpaired) electrons. The van der Waals surface area contributed by atoms with Gasteiger partial charge in [-0.25, -0.2) is 9.97 Å². The van der Waals surface area contributed by atoms with Crippen LogP contribution in [0.3, 0.4) is 0 Å². The molecule has 2 heterocycles. The van der Waals surface area contributed by atoms with Gasteiger partial charge in [0.1, 0.15) is 11.5 Å². The normalized spacial score (nSPS) is 13.7. The summed E-state index contributed by atoms with van der Waals surface area (Å²) in [5.41, 5.74) is 6.13. The molecule has 0 atom stereocenters. The van der Waals surface area contributed by atoms with E-state index in [0.29, 0.717) is 5.82 Å². The molecular formula is C33H24N2O. The van der Waals surface area contributed by atoms with Crippen molar-refractivity contribution in [3.8, 4) is 34.1 Å². The highest BCUT2D eigenvalue weighted by Crippen LogP contribution is 2.48. The van der Waals surface area contributed by atoms with Crippen LogP contribution in [0.1, 0.15) is 25.0 Å². The van der Waals surface area contributed by atoms with Crippen LogP contribution < -0.4 is 4.74 Å². The molecule has 6 aromatic rings. The summed E-state index contributed by atoms with van der Waals surface area (Å²) in [6.45, 7) is 4.50. The van der Waals surface area contributed by atoms with Gasteiger partial charge in [-0.2, -0.15) is 0 Å². The Bertz CT molecular complexity index is 1800. The first-order valence-electron chi connectivity index (χ1n) is 12.3. The Labute approximate surface area is 210 Å². The fourth-order valence-electron chi connectivity index (χ4n) is 5.44. The third-order valence-corrected chi connectivity index (χ3v) is 7.34. The molecule has 1 aliphatic heterocycles. The first kappa shape index (κ1) is 20.8. The lowest BCUT2D eigenvalue weighted by atomic mass is 9.75. The average molecular weight is 465 g/mol. The van der Waals surface area contributed by atoms with Gasteiger partial charge in [-0.3, -0.25) is 0 Å². The molecule has 5 aromatic carbocycles. The van der Waals surface area contributed by atoms with Gasteiger partial charge in [-0.15, -0.1) is 0 Å². The summed E-state index contributed by atoms with van der Waals surface area (Å²) in [5.74, 6) is 2.46. The van der Waals surface area contributed by atoms with Crippen molar-refractivity contribution < 1.29 is 4.74 Å². The van der Waals surface area contributed by atoms with Crippen LogP contribution in [0.5, 0.6) is 11.5 Å². The summed E-state index contributed by atoms with van der Waals surface area (Å²) in [5, 5.41) is 3.42. The van der Waals surface area contributed by atoms with Crippen molar-refractivity contribution in [2.45, 2.75) is 19.3 Å². The molecule has 0 saturated carbocycles. The largest absolute Gasteiger partial charge is 0.457 e. The van der Waals surface area contributed by atoms with Crippen LogP contribution in [0.15, 0.2) is 109 Å². The maximum absolute atomic E-state index is 6.38. The second kappa shape index (κ2) is 7.76. The zero-order chi connectivity index (χ0) is 24.3. The van der Waals surface area contributed by atoms with Gasteiger partial charge in [0.2, 0.25) is 0 Å². The third-order valence-electron chi connectivity index (χ3n) is 7.34. The zero-order valence-corrected chi connectivity index (χ0v) is 20.2. The summed E-state index contributed by atoms with van der Waals surface area (Å²) >= 11 is 0. The molecule has 0 fully saturated rings. The van der Waals surface area contributed by atoms with E-state index in [4.69, 9.17) is 14.7 Å². The van der Waals surface area contributed by atoms with Crippen LogP contribution in [0.25, 0.3) is 44.3 Å². The van der Waals surface area contributed by atoms with E-state index < -0.39 is 0 Å². The number of hydrogen-bond acceptors (Lipinski definition) is 3. The Morgan fingerprint density at radius 1 is 0.611 bits per heavy atom. The van der Waals surface area contributed by atoms with Gasteiger partial charge in [0.25, 0.3) is 0 Å². The molecule has 0 N–H and O–H groups in total. The number of benzene rings is 5. The van der Waals surface area contributed by atoms with E-state index in [0.717, 1.165) is 39.2 Å². The van der Waals surface area contributed by atoms with Crippen molar-refractivity contribution in [3.63, 3.8) is 0 Å². The molecule has 3 heteroatoms. The minimum atomic E-state index is -0.152. The molecule has 3 nitrogen and oxygen atoms in total. The van der Waals surface area contributed by atoms with Gasteiger partial charge >= 0.3 is 0 Å². The van der Waals surface area contributed by atoms with E-state index in [9.17, 15) is 0 Å². The maximum Gasteiger partial charge on any atom is 0.160 e. The van der Waals surface area contributed by atoms with Crippen LogP contribution >= 0.6 is 0 Å². The Morgan fingerprint density at radius 2 is 1.33 bits per heavy atom. The Hall–Kier alpha value is -4.50. The highest BCUT2D eigenvalue weighted by molar-refractivity contribution is 6.03. The van der Waals surface area contributed by atoms with E-state index in [1.807, 2.05) is 24.3 Å². The Kier molecular flexibility index (Phi) is 4.49. The molecular weight excluding hydrogens is 440 g/mol. The van der Waals surface area contributed by atoms with Crippen molar-refractivity contribution in [3.05, 3.63) is 120 Å². The predicted molar refractivity (Wildman–Crippen MR) is 147 cm³/mol. The zero-order valence-electron chi connectivity index (χ0n) is 20.2. The lowest BCUT2D eigenvalue weighted by molar-refractivity contribution is 0.418. The summed E-state index contributed by atoms with van der Waals surface area (Å²) < 4.78 is 6.38. The van der Waals surface area contributed by atoms with Crippen molar-refractivity contribution in [1.82, 2.24) is 9.97 Å². The van der Waals surface area contributed by atoms with E-state index in [1.165, 1.54) is 21.9 Å². The summed E-state index contributed by atoms with van der Waals surface area (Å²) in [4.78, 5) is 10.1. The molecule has 0 unspecified atom stereocenters. The molecule has 0 spiro atoms. The van der Waals surface area contributed by atoms with Crippen LogP contribution in [0, 0.1) is 0 Å². The van der Waals surface area contributed by atoms with Crippen molar-refractivity contribution >= 4 is 21.7 Å². The van der Waals surface area contributed by atoms with Crippen molar-refractivity contribution in [2.24, 2.45) is 0 Å². The van der Waals surface area contributed by atoms with Gasteiger partial charge in [0.05, 0.1) is 11.2 Å². The molecule has 0 saturated heterocycles. The minimum Gasteiger partial charge on any atom is -0.457 e. The van der Waals surface area contributed by atoms with Crippen molar-refractivity contribution in [2.75, 3.05) is 0 Å². The van der Waals surface area contributed by atoms with Crippen LogP contribution in [-0.2, 0) is 5.41 Å². The molecule has 172 valence electrons. The number of hydrogen-bond donors (Lipinski definition) is 0. The van der Waals surface area contributed by atoms with E-state index in [2.05, 4.69) is 98.8 Å². The predicted octanol–water partition coefficient (Wildman–Crippen LogP) is 8.55. The standard InChI is InChI=1S/C33H24N2O/c1-33(2)26-15-6-8-17-29(26)36-30-20-22(18-19-27(30)33)32-34-28-16-7-5-13-25(28)31(35-32)24-14-9-11-21-10-3-4-12-23(21)24/h3-20H,1-2H3. The number of para-hydroxylation sites is 2. The molecule has 1 aliphatic rings. The maximum atomic E-state index is 6.38. The molecule has 0 bridgehead atoms. The van der Waals surface area contributed by atoms with Crippen LogP contribution in [-0.4, -0.2) is 9.97 Å². The molecule has 0 aliphatic carbocycles. The molecule has 7 rings (SSSR count). The van der Waals surface area contributed by atoms with Gasteiger partial charge in [-0.1, -0.05) is 105 Å². The number of rotatable bonds is 2. The second-order valence-corrected chi connectivity index (χ2v) is 9.87. The Morgan fingerprint density at radius 3 is 2.25 bits per heavy atom. The highest BCUT2D eigenvalue weighted by atomic mass is 16.5. The van der Waals surface area contributed by atoms with Gasteiger partial charge < -0.3 is 4.74 Å². The fourth-order valence-corrected chi connectivity index (χ4v) is 5.44. The second-order valence-electron chi connectivity index (χ2n) is 9.87. The monoisotopic (exact) mass is 464 g/mol. The average Bonchev–Trinajstić information content (AvgIpc) is 2.92. The van der Waals surface area contributed by atoms with E-state index in [-0.39, 0.29) is 5.41 Å². The first-order valence-corrected chi connectivity index (χ1v) is 12.3. The van der Waals surface area contributed by atoms with Crippen molar-refractivity contribution in [1.29, 1.82) is 0 Å². The molecule has 0 amide bonds. The number of ether oxygens (including phenoxy) is 1. The lowest BCUT2D eigenvalue weighted by Crippen LogP contribution is -2.24.